The number of rotatable bonds is 2. The maximum Gasteiger partial charge on any atom is 0.160 e. The summed E-state index contributed by atoms with van der Waals surface area (Å²) in [4.78, 5) is 12.0. The Labute approximate surface area is 95.6 Å². The van der Waals surface area contributed by atoms with Crippen LogP contribution in [0.25, 0.3) is 0 Å². The largest absolute Gasteiger partial charge is 0.493 e. The minimum Gasteiger partial charge on any atom is -0.493 e. The quantitative estimate of drug-likeness (QED) is 0.719. The zero-order valence-corrected chi connectivity index (χ0v) is 9.90. The Morgan fingerprint density at radius 3 is 3.00 bits per heavy atom. The third-order valence-corrected chi connectivity index (χ3v) is 3.30. The topological polar surface area (TPSA) is 44.1 Å². The molecule has 1 aliphatic carbocycles. The van der Waals surface area contributed by atoms with Crippen LogP contribution in [-0.2, 0) is 11.8 Å². The molecule has 4 heteroatoms. The first-order valence-corrected chi connectivity index (χ1v) is 5.82. The predicted molar refractivity (Wildman–Crippen MR) is 60.6 cm³/mol. The molecule has 0 spiro atoms. The molecule has 88 valence electrons. The highest BCUT2D eigenvalue weighted by atomic mass is 16.5. The van der Waals surface area contributed by atoms with Gasteiger partial charge in [-0.05, 0) is 12.8 Å². The van der Waals surface area contributed by atoms with Crippen molar-refractivity contribution in [2.45, 2.75) is 38.0 Å². The smallest absolute Gasteiger partial charge is 0.160 e. The molecule has 2 rings (SSSR count). The zero-order chi connectivity index (χ0) is 11.5. The molecule has 1 aliphatic rings. The van der Waals surface area contributed by atoms with E-state index in [0.717, 1.165) is 37.1 Å². The first-order valence-electron chi connectivity index (χ1n) is 5.82. The van der Waals surface area contributed by atoms with Crippen molar-refractivity contribution >= 4 is 5.78 Å². The lowest BCUT2D eigenvalue weighted by atomic mass is 9.95. The monoisotopic (exact) mass is 222 g/mol. The van der Waals surface area contributed by atoms with E-state index in [1.165, 1.54) is 0 Å². The Morgan fingerprint density at radius 2 is 2.25 bits per heavy atom. The summed E-state index contributed by atoms with van der Waals surface area (Å²) < 4.78 is 7.04. The van der Waals surface area contributed by atoms with Crippen molar-refractivity contribution in [2.24, 2.45) is 7.05 Å². The lowest BCUT2D eigenvalue weighted by Crippen LogP contribution is -2.15. The van der Waals surface area contributed by atoms with E-state index < -0.39 is 0 Å². The molecule has 0 aliphatic heterocycles. The number of methoxy groups -OCH3 is 1. The van der Waals surface area contributed by atoms with Gasteiger partial charge in [-0.15, -0.1) is 0 Å². The lowest BCUT2D eigenvalue weighted by molar-refractivity contribution is -0.120. The fraction of sp³-hybridized carbons (Fsp3) is 0.667. The van der Waals surface area contributed by atoms with Gasteiger partial charge in [-0.25, -0.2) is 0 Å². The summed E-state index contributed by atoms with van der Waals surface area (Å²) in [5, 5.41) is 4.17. The summed E-state index contributed by atoms with van der Waals surface area (Å²) in [6.07, 6.45) is 6.60. The molecular weight excluding hydrogens is 204 g/mol. The van der Waals surface area contributed by atoms with E-state index in [1.807, 2.05) is 7.05 Å². The van der Waals surface area contributed by atoms with Gasteiger partial charge >= 0.3 is 0 Å². The van der Waals surface area contributed by atoms with Gasteiger partial charge in [0, 0.05) is 13.5 Å². The van der Waals surface area contributed by atoms with Crippen LogP contribution >= 0.6 is 0 Å². The van der Waals surface area contributed by atoms with Crippen molar-refractivity contribution in [1.82, 2.24) is 9.78 Å². The van der Waals surface area contributed by atoms with Gasteiger partial charge in [0.15, 0.2) is 5.75 Å². The SMILES string of the molecule is COc1cnn(C)c1C1CCCCCC1=O. The van der Waals surface area contributed by atoms with E-state index in [0.29, 0.717) is 12.2 Å². The van der Waals surface area contributed by atoms with E-state index in [-0.39, 0.29) is 5.92 Å². The van der Waals surface area contributed by atoms with Gasteiger partial charge in [0.05, 0.1) is 24.9 Å². The molecule has 1 heterocycles. The summed E-state index contributed by atoms with van der Waals surface area (Å²) in [5.41, 5.74) is 0.939. The number of ether oxygens (including phenoxy) is 1. The number of hydrogen-bond acceptors (Lipinski definition) is 3. The van der Waals surface area contributed by atoms with Crippen LogP contribution in [0.1, 0.15) is 43.7 Å². The number of hydrogen-bond donors (Lipinski definition) is 0. The Kier molecular flexibility index (Phi) is 3.27. The highest BCUT2D eigenvalue weighted by Crippen LogP contribution is 2.33. The Morgan fingerprint density at radius 1 is 1.44 bits per heavy atom. The standard InChI is InChI=1S/C12H18N2O2/c1-14-12(11(16-2)8-13-14)9-6-4-3-5-7-10(9)15/h8-9H,3-7H2,1-2H3. The van der Waals surface area contributed by atoms with Crippen molar-refractivity contribution in [1.29, 1.82) is 0 Å². The van der Waals surface area contributed by atoms with E-state index in [1.54, 1.807) is 18.0 Å². The summed E-state index contributed by atoms with van der Waals surface area (Å²) in [5.74, 6) is 1.05. The second-order valence-corrected chi connectivity index (χ2v) is 4.34. The number of carbonyl (C=O) groups excluding carboxylic acids is 1. The molecule has 0 aromatic carbocycles. The van der Waals surface area contributed by atoms with Crippen molar-refractivity contribution in [3.63, 3.8) is 0 Å². The molecule has 0 bridgehead atoms. The predicted octanol–water partition coefficient (Wildman–Crippen LogP) is 2.05. The van der Waals surface area contributed by atoms with Crippen LogP contribution < -0.4 is 4.74 Å². The second-order valence-electron chi connectivity index (χ2n) is 4.34. The van der Waals surface area contributed by atoms with Crippen LogP contribution in [-0.4, -0.2) is 22.7 Å². The van der Waals surface area contributed by atoms with Crippen LogP contribution in [0.15, 0.2) is 6.20 Å². The van der Waals surface area contributed by atoms with Gasteiger partial charge < -0.3 is 4.74 Å². The van der Waals surface area contributed by atoms with Crippen molar-refractivity contribution in [2.75, 3.05) is 7.11 Å². The summed E-state index contributed by atoms with van der Waals surface area (Å²) in [7, 11) is 3.50. The van der Waals surface area contributed by atoms with Crippen molar-refractivity contribution in [3.05, 3.63) is 11.9 Å². The number of aromatic nitrogens is 2. The average Bonchev–Trinajstić information content (AvgIpc) is 2.51. The maximum atomic E-state index is 12.0. The Balaban J connectivity index is 2.33. The number of nitrogens with zero attached hydrogens (tertiary/aromatic N) is 2. The molecule has 0 radical (unpaired) electrons. The molecule has 1 unspecified atom stereocenters. The first kappa shape index (κ1) is 11.2. The number of ketones is 1. The number of Topliss-reactive ketones (excluding diaryl/α,β-unsaturated/α-hetero) is 1. The van der Waals surface area contributed by atoms with Gasteiger partial charge in [0.1, 0.15) is 5.78 Å². The van der Waals surface area contributed by atoms with E-state index >= 15 is 0 Å². The van der Waals surface area contributed by atoms with E-state index in [9.17, 15) is 4.79 Å². The fourth-order valence-electron chi connectivity index (χ4n) is 2.43. The summed E-state index contributed by atoms with van der Waals surface area (Å²) in [6, 6.07) is 0. The third-order valence-electron chi connectivity index (χ3n) is 3.30. The summed E-state index contributed by atoms with van der Waals surface area (Å²) in [6.45, 7) is 0. The summed E-state index contributed by atoms with van der Waals surface area (Å²) >= 11 is 0. The molecule has 0 N–H and O–H groups in total. The zero-order valence-electron chi connectivity index (χ0n) is 9.90. The average molecular weight is 222 g/mol. The van der Waals surface area contributed by atoms with Crippen LogP contribution in [0.4, 0.5) is 0 Å². The number of aryl methyl sites for hydroxylation is 1. The fourth-order valence-corrected chi connectivity index (χ4v) is 2.43. The minimum absolute atomic E-state index is 0.0232. The van der Waals surface area contributed by atoms with Gasteiger partial charge in [-0.2, -0.15) is 5.10 Å². The number of carbonyl (C=O) groups is 1. The van der Waals surface area contributed by atoms with Crippen LogP contribution in [0.3, 0.4) is 0 Å². The Bertz CT molecular complexity index is 384. The van der Waals surface area contributed by atoms with Crippen LogP contribution in [0.5, 0.6) is 5.75 Å². The van der Waals surface area contributed by atoms with E-state index in [4.69, 9.17) is 4.74 Å². The molecule has 1 aromatic heterocycles. The highest BCUT2D eigenvalue weighted by molar-refractivity contribution is 5.86. The van der Waals surface area contributed by atoms with E-state index in [2.05, 4.69) is 5.10 Å². The highest BCUT2D eigenvalue weighted by Gasteiger charge is 2.28. The third kappa shape index (κ3) is 1.96. The molecule has 1 saturated carbocycles. The first-order chi connectivity index (χ1) is 7.74. The van der Waals surface area contributed by atoms with Crippen LogP contribution in [0, 0.1) is 0 Å². The van der Waals surface area contributed by atoms with Gasteiger partial charge in [-0.3, -0.25) is 9.48 Å². The minimum atomic E-state index is -0.0232. The van der Waals surface area contributed by atoms with Gasteiger partial charge in [0.25, 0.3) is 0 Å². The lowest BCUT2D eigenvalue weighted by Gasteiger charge is -2.14. The molecule has 0 saturated heterocycles. The normalized spacial score (nSPS) is 21.9. The second kappa shape index (κ2) is 4.68. The molecule has 1 fully saturated rings. The maximum absolute atomic E-state index is 12.0. The molecule has 4 nitrogen and oxygen atoms in total. The molecule has 1 aromatic rings. The molecular formula is C12H18N2O2. The van der Waals surface area contributed by atoms with Gasteiger partial charge in [0.2, 0.25) is 0 Å². The van der Waals surface area contributed by atoms with Crippen LogP contribution in [0.2, 0.25) is 0 Å². The molecule has 0 amide bonds. The van der Waals surface area contributed by atoms with Crippen molar-refractivity contribution < 1.29 is 9.53 Å². The molecule has 16 heavy (non-hydrogen) atoms. The van der Waals surface area contributed by atoms with Crippen molar-refractivity contribution in [3.8, 4) is 5.75 Å². The van der Waals surface area contributed by atoms with Gasteiger partial charge in [-0.1, -0.05) is 12.8 Å². The Hall–Kier alpha value is -1.32. The molecule has 1 atom stereocenters.